The zero-order valence-electron chi connectivity index (χ0n) is 12.1. The number of nitrogens with zero attached hydrogens (tertiary/aromatic N) is 1. The summed E-state index contributed by atoms with van der Waals surface area (Å²) in [6.07, 6.45) is 6.74. The predicted molar refractivity (Wildman–Crippen MR) is 75.7 cm³/mol. The van der Waals surface area contributed by atoms with Gasteiger partial charge < -0.3 is 10.4 Å². The lowest BCUT2D eigenvalue weighted by molar-refractivity contribution is 0.0312. The van der Waals surface area contributed by atoms with Gasteiger partial charge in [-0.2, -0.15) is 0 Å². The predicted octanol–water partition coefficient (Wildman–Crippen LogP) is 1.86. The van der Waals surface area contributed by atoms with Crippen LogP contribution in [0.5, 0.6) is 0 Å². The second kappa shape index (κ2) is 6.88. The molecule has 0 radical (unpaired) electrons. The molecule has 0 amide bonds. The van der Waals surface area contributed by atoms with Gasteiger partial charge in [0, 0.05) is 31.7 Å². The molecule has 2 unspecified atom stereocenters. The van der Waals surface area contributed by atoms with Crippen molar-refractivity contribution < 1.29 is 5.11 Å². The molecular weight excluding hydrogens is 224 g/mol. The Morgan fingerprint density at radius 1 is 1.22 bits per heavy atom. The smallest absolute Gasteiger partial charge is 0.0556 e. The molecule has 1 aliphatic carbocycles. The number of hydrogen-bond acceptors (Lipinski definition) is 3. The third-order valence-electron chi connectivity index (χ3n) is 4.67. The van der Waals surface area contributed by atoms with Gasteiger partial charge >= 0.3 is 0 Å². The normalized spacial score (nSPS) is 37.5. The van der Waals surface area contributed by atoms with Crippen LogP contribution in [-0.4, -0.2) is 48.3 Å². The van der Waals surface area contributed by atoms with Crippen molar-refractivity contribution in [1.29, 1.82) is 0 Å². The zero-order valence-corrected chi connectivity index (χ0v) is 12.1. The maximum absolute atomic E-state index is 8.96. The summed E-state index contributed by atoms with van der Waals surface area (Å²) in [5.41, 5.74) is 0. The molecule has 2 rings (SSSR count). The van der Waals surface area contributed by atoms with Crippen molar-refractivity contribution in [3.8, 4) is 0 Å². The molecule has 1 saturated carbocycles. The molecule has 0 bridgehead atoms. The first-order valence-electron chi connectivity index (χ1n) is 7.81. The van der Waals surface area contributed by atoms with Gasteiger partial charge in [-0.15, -0.1) is 0 Å². The fourth-order valence-electron chi connectivity index (χ4n) is 3.73. The van der Waals surface area contributed by atoms with Crippen molar-refractivity contribution in [1.82, 2.24) is 10.2 Å². The quantitative estimate of drug-likeness (QED) is 0.759. The Morgan fingerprint density at radius 2 is 2.00 bits per heavy atom. The summed E-state index contributed by atoms with van der Waals surface area (Å²) in [7, 11) is 0. The van der Waals surface area contributed by atoms with E-state index in [-0.39, 0.29) is 6.61 Å². The van der Waals surface area contributed by atoms with Crippen LogP contribution < -0.4 is 5.32 Å². The van der Waals surface area contributed by atoms with Gasteiger partial charge in [0.2, 0.25) is 0 Å². The van der Waals surface area contributed by atoms with Crippen molar-refractivity contribution in [3.63, 3.8) is 0 Å². The van der Waals surface area contributed by atoms with Gasteiger partial charge in [-0.25, -0.2) is 0 Å². The summed E-state index contributed by atoms with van der Waals surface area (Å²) >= 11 is 0. The molecule has 2 fully saturated rings. The third-order valence-corrected chi connectivity index (χ3v) is 4.67. The van der Waals surface area contributed by atoms with Crippen LogP contribution in [-0.2, 0) is 0 Å². The molecule has 2 atom stereocenters. The minimum Gasteiger partial charge on any atom is -0.395 e. The number of aliphatic hydroxyl groups is 1. The largest absolute Gasteiger partial charge is 0.395 e. The average Bonchev–Trinajstić information content (AvgIpc) is 2.32. The summed E-state index contributed by atoms with van der Waals surface area (Å²) < 4.78 is 0. The first-order valence-corrected chi connectivity index (χ1v) is 7.81. The molecule has 2 aliphatic rings. The summed E-state index contributed by atoms with van der Waals surface area (Å²) in [5, 5.41) is 12.5. The molecule has 3 nitrogen and oxygen atoms in total. The Morgan fingerprint density at radius 3 is 2.61 bits per heavy atom. The average molecular weight is 254 g/mol. The fourth-order valence-corrected chi connectivity index (χ4v) is 3.73. The van der Waals surface area contributed by atoms with Crippen molar-refractivity contribution in [2.75, 3.05) is 26.2 Å². The molecular formula is C15H30N2O. The SMILES string of the molecule is CCCC1CC(NCCO)CN(C2CC(C)C2)C1. The molecule has 0 aromatic carbocycles. The van der Waals surface area contributed by atoms with Crippen LogP contribution >= 0.6 is 0 Å². The van der Waals surface area contributed by atoms with Crippen LogP contribution in [0.15, 0.2) is 0 Å². The first kappa shape index (κ1) is 14.3. The second-order valence-electron chi connectivity index (χ2n) is 6.45. The van der Waals surface area contributed by atoms with Crippen molar-refractivity contribution in [3.05, 3.63) is 0 Å². The molecule has 18 heavy (non-hydrogen) atoms. The van der Waals surface area contributed by atoms with Crippen LogP contribution in [0.1, 0.15) is 46.0 Å². The molecule has 1 aliphatic heterocycles. The van der Waals surface area contributed by atoms with Gasteiger partial charge in [0.25, 0.3) is 0 Å². The minimum atomic E-state index is 0.259. The number of nitrogens with one attached hydrogen (secondary N) is 1. The van der Waals surface area contributed by atoms with Gasteiger partial charge in [-0.05, 0) is 37.5 Å². The molecule has 106 valence electrons. The highest BCUT2D eigenvalue weighted by molar-refractivity contribution is 4.91. The third kappa shape index (κ3) is 3.69. The zero-order chi connectivity index (χ0) is 13.0. The maximum Gasteiger partial charge on any atom is 0.0556 e. The highest BCUT2D eigenvalue weighted by Gasteiger charge is 2.35. The van der Waals surface area contributed by atoms with Crippen LogP contribution in [0.4, 0.5) is 0 Å². The Bertz CT molecular complexity index is 241. The Hall–Kier alpha value is -0.120. The van der Waals surface area contributed by atoms with E-state index in [9.17, 15) is 0 Å². The van der Waals surface area contributed by atoms with Crippen LogP contribution in [0.3, 0.4) is 0 Å². The van der Waals surface area contributed by atoms with Gasteiger partial charge in [0.1, 0.15) is 0 Å². The van der Waals surface area contributed by atoms with Crippen LogP contribution in [0.2, 0.25) is 0 Å². The lowest BCUT2D eigenvalue weighted by Gasteiger charge is -2.47. The fraction of sp³-hybridized carbons (Fsp3) is 1.00. The molecule has 1 saturated heterocycles. The van der Waals surface area contributed by atoms with E-state index in [0.717, 1.165) is 24.4 Å². The van der Waals surface area contributed by atoms with E-state index in [1.807, 2.05) is 0 Å². The van der Waals surface area contributed by atoms with Crippen LogP contribution in [0.25, 0.3) is 0 Å². The Kier molecular flexibility index (Phi) is 5.46. The van der Waals surface area contributed by atoms with Crippen molar-refractivity contribution in [2.24, 2.45) is 11.8 Å². The maximum atomic E-state index is 8.96. The van der Waals surface area contributed by atoms with Gasteiger partial charge in [-0.3, -0.25) is 4.90 Å². The minimum absolute atomic E-state index is 0.259. The molecule has 2 N–H and O–H groups in total. The van der Waals surface area contributed by atoms with E-state index in [0.29, 0.717) is 6.04 Å². The lowest BCUT2D eigenvalue weighted by Crippen LogP contribution is -2.55. The monoisotopic (exact) mass is 254 g/mol. The molecule has 0 spiro atoms. The van der Waals surface area contributed by atoms with E-state index < -0.39 is 0 Å². The molecule has 0 aromatic rings. The van der Waals surface area contributed by atoms with Crippen molar-refractivity contribution >= 4 is 0 Å². The molecule has 1 heterocycles. The number of piperidine rings is 1. The summed E-state index contributed by atoms with van der Waals surface area (Å²) in [4.78, 5) is 2.72. The highest BCUT2D eigenvalue weighted by Crippen LogP contribution is 2.34. The van der Waals surface area contributed by atoms with Gasteiger partial charge in [0.05, 0.1) is 6.61 Å². The Balaban J connectivity index is 1.84. The van der Waals surface area contributed by atoms with Gasteiger partial charge in [0.15, 0.2) is 0 Å². The molecule has 3 heteroatoms. The number of aliphatic hydroxyl groups excluding tert-OH is 1. The van der Waals surface area contributed by atoms with Crippen molar-refractivity contribution in [2.45, 2.75) is 58.0 Å². The van der Waals surface area contributed by atoms with E-state index in [2.05, 4.69) is 24.1 Å². The first-order chi connectivity index (χ1) is 8.72. The van der Waals surface area contributed by atoms with Gasteiger partial charge in [-0.1, -0.05) is 20.3 Å². The lowest BCUT2D eigenvalue weighted by atomic mass is 9.78. The van der Waals surface area contributed by atoms with Crippen LogP contribution in [0, 0.1) is 11.8 Å². The van der Waals surface area contributed by atoms with E-state index in [1.165, 1.54) is 45.2 Å². The number of likely N-dealkylation sites (tertiary alicyclic amines) is 1. The van der Waals surface area contributed by atoms with E-state index in [1.54, 1.807) is 0 Å². The number of rotatable bonds is 6. The number of hydrogen-bond donors (Lipinski definition) is 2. The van der Waals surface area contributed by atoms with E-state index in [4.69, 9.17) is 5.11 Å². The summed E-state index contributed by atoms with van der Waals surface area (Å²) in [6, 6.07) is 1.44. The second-order valence-corrected chi connectivity index (χ2v) is 6.45. The van der Waals surface area contributed by atoms with E-state index >= 15 is 0 Å². The standard InChI is InChI=1S/C15H30N2O/c1-3-4-13-9-14(16-5-6-18)11-17(10-13)15-7-12(2)8-15/h12-16,18H,3-11H2,1-2H3. The summed E-state index contributed by atoms with van der Waals surface area (Å²) in [5.74, 6) is 1.79. The Labute approximate surface area is 112 Å². The highest BCUT2D eigenvalue weighted by atomic mass is 16.3. The topological polar surface area (TPSA) is 35.5 Å². The molecule has 0 aromatic heterocycles. The summed E-state index contributed by atoms with van der Waals surface area (Å²) in [6.45, 7) is 8.17.